The summed E-state index contributed by atoms with van der Waals surface area (Å²) < 4.78 is 0. The van der Waals surface area contributed by atoms with Crippen LogP contribution in [0.1, 0.15) is 48.0 Å². The fourth-order valence-corrected chi connectivity index (χ4v) is 4.39. The molecule has 2 aromatic carbocycles. The van der Waals surface area contributed by atoms with Crippen LogP contribution >= 0.6 is 0 Å². The zero-order valence-corrected chi connectivity index (χ0v) is 17.8. The summed E-state index contributed by atoms with van der Waals surface area (Å²) in [6.45, 7) is 1.97. The normalized spacial score (nSPS) is 15.1. The van der Waals surface area contributed by atoms with Gasteiger partial charge in [0.15, 0.2) is 0 Å². The minimum Gasteiger partial charge on any atom is -0.324 e. The molecule has 1 aliphatic carbocycles. The van der Waals surface area contributed by atoms with Gasteiger partial charge in [-0.25, -0.2) is 0 Å². The number of hydrogen-bond acceptors (Lipinski definition) is 3. The summed E-state index contributed by atoms with van der Waals surface area (Å²) in [6, 6.07) is 20.7. The first-order chi connectivity index (χ1) is 15.1. The van der Waals surface area contributed by atoms with Crippen molar-refractivity contribution in [2.45, 2.75) is 44.6 Å². The van der Waals surface area contributed by atoms with Gasteiger partial charge in [0.1, 0.15) is 5.54 Å². The van der Waals surface area contributed by atoms with Crippen molar-refractivity contribution in [1.82, 2.24) is 4.98 Å². The summed E-state index contributed by atoms with van der Waals surface area (Å²) >= 11 is 0. The lowest BCUT2D eigenvalue weighted by atomic mass is 9.78. The van der Waals surface area contributed by atoms with Crippen molar-refractivity contribution in [3.05, 3.63) is 90.3 Å². The minimum absolute atomic E-state index is 0.136. The number of para-hydroxylation sites is 2. The molecule has 2 amide bonds. The number of carbonyl (C=O) groups excluding carboxylic acids is 2. The summed E-state index contributed by atoms with van der Waals surface area (Å²) in [6.07, 6.45) is 7.29. The minimum atomic E-state index is -0.963. The second kappa shape index (κ2) is 9.13. The number of amides is 2. The predicted molar refractivity (Wildman–Crippen MR) is 123 cm³/mol. The van der Waals surface area contributed by atoms with Crippen LogP contribution in [0, 0.1) is 6.92 Å². The molecule has 0 radical (unpaired) electrons. The van der Waals surface area contributed by atoms with E-state index < -0.39 is 5.54 Å². The Bertz CT molecular complexity index is 1040. The molecule has 0 bridgehead atoms. The molecule has 1 heterocycles. The molecule has 0 saturated heterocycles. The molecule has 0 unspecified atom stereocenters. The third kappa shape index (κ3) is 4.22. The van der Waals surface area contributed by atoms with Crippen molar-refractivity contribution < 1.29 is 9.59 Å². The molecule has 5 heteroatoms. The van der Waals surface area contributed by atoms with Crippen LogP contribution in [0.4, 0.5) is 11.4 Å². The second-order valence-electron chi connectivity index (χ2n) is 8.08. The van der Waals surface area contributed by atoms with Gasteiger partial charge in [-0.1, -0.05) is 55.7 Å². The molecule has 1 fully saturated rings. The van der Waals surface area contributed by atoms with Gasteiger partial charge in [0, 0.05) is 23.8 Å². The zero-order valence-electron chi connectivity index (χ0n) is 17.8. The van der Waals surface area contributed by atoms with E-state index in [4.69, 9.17) is 0 Å². The van der Waals surface area contributed by atoms with E-state index in [0.717, 1.165) is 36.2 Å². The molecule has 0 spiro atoms. The highest BCUT2D eigenvalue weighted by Crippen LogP contribution is 2.39. The van der Waals surface area contributed by atoms with Gasteiger partial charge in [-0.05, 0) is 55.7 Å². The van der Waals surface area contributed by atoms with Crippen LogP contribution < -0.4 is 10.2 Å². The van der Waals surface area contributed by atoms with E-state index in [1.165, 1.54) is 0 Å². The van der Waals surface area contributed by atoms with E-state index in [-0.39, 0.29) is 11.8 Å². The third-order valence-electron chi connectivity index (χ3n) is 6.05. The standard InChI is InChI=1S/C26H27N3O2/c1-20-11-6-7-15-23(20)28-25(31)26(16-8-3-9-17-26)29(22-13-4-2-5-14-22)24(30)21-12-10-18-27-19-21/h2,4-7,10-15,18-19H,3,8-9,16-17H2,1H3,(H,28,31). The molecule has 158 valence electrons. The van der Waals surface area contributed by atoms with Gasteiger partial charge < -0.3 is 5.32 Å². The monoisotopic (exact) mass is 413 g/mol. The van der Waals surface area contributed by atoms with E-state index >= 15 is 0 Å². The smallest absolute Gasteiger partial charge is 0.260 e. The lowest BCUT2D eigenvalue weighted by molar-refractivity contribution is -0.122. The van der Waals surface area contributed by atoms with Crippen LogP contribution in [0.25, 0.3) is 0 Å². The molecular weight excluding hydrogens is 386 g/mol. The Labute approximate surface area is 183 Å². The SMILES string of the molecule is Cc1ccccc1NC(=O)C1(N(C(=O)c2cccnc2)c2ccccc2)CCCCC1. The van der Waals surface area contributed by atoms with E-state index in [9.17, 15) is 9.59 Å². The van der Waals surface area contributed by atoms with Crippen molar-refractivity contribution in [3.63, 3.8) is 0 Å². The Morgan fingerprint density at radius 2 is 1.61 bits per heavy atom. The highest BCUT2D eigenvalue weighted by atomic mass is 16.2. The average Bonchev–Trinajstić information content (AvgIpc) is 2.82. The number of hydrogen-bond donors (Lipinski definition) is 1. The number of benzene rings is 2. The molecule has 3 aromatic rings. The average molecular weight is 414 g/mol. The highest BCUT2D eigenvalue weighted by Gasteiger charge is 2.48. The largest absolute Gasteiger partial charge is 0.324 e. The Morgan fingerprint density at radius 1 is 0.903 bits per heavy atom. The number of rotatable bonds is 5. The first-order valence-electron chi connectivity index (χ1n) is 10.8. The van der Waals surface area contributed by atoms with Gasteiger partial charge in [0.05, 0.1) is 5.56 Å². The molecule has 1 aliphatic rings. The van der Waals surface area contributed by atoms with Crippen molar-refractivity contribution in [2.75, 3.05) is 10.2 Å². The number of pyridine rings is 1. The molecule has 1 saturated carbocycles. The Kier molecular flexibility index (Phi) is 6.12. The lowest BCUT2D eigenvalue weighted by Gasteiger charge is -2.45. The molecule has 5 nitrogen and oxygen atoms in total. The zero-order chi connectivity index (χ0) is 21.7. The fourth-order valence-electron chi connectivity index (χ4n) is 4.39. The van der Waals surface area contributed by atoms with Crippen LogP contribution in [0.3, 0.4) is 0 Å². The molecule has 4 rings (SSSR count). The maximum atomic E-state index is 13.9. The van der Waals surface area contributed by atoms with E-state index in [2.05, 4.69) is 10.3 Å². The van der Waals surface area contributed by atoms with Gasteiger partial charge in [-0.3, -0.25) is 19.5 Å². The molecule has 0 aliphatic heterocycles. The molecular formula is C26H27N3O2. The van der Waals surface area contributed by atoms with Gasteiger partial charge in [0.2, 0.25) is 0 Å². The number of aryl methyl sites for hydroxylation is 1. The number of aromatic nitrogens is 1. The van der Waals surface area contributed by atoms with Crippen molar-refractivity contribution >= 4 is 23.2 Å². The van der Waals surface area contributed by atoms with E-state index in [0.29, 0.717) is 18.4 Å². The van der Waals surface area contributed by atoms with Crippen LogP contribution in [-0.2, 0) is 4.79 Å². The predicted octanol–water partition coefficient (Wildman–Crippen LogP) is 5.38. The van der Waals surface area contributed by atoms with Crippen LogP contribution in [-0.4, -0.2) is 22.3 Å². The summed E-state index contributed by atoms with van der Waals surface area (Å²) in [5, 5.41) is 3.13. The van der Waals surface area contributed by atoms with Gasteiger partial charge >= 0.3 is 0 Å². The molecule has 31 heavy (non-hydrogen) atoms. The summed E-state index contributed by atoms with van der Waals surface area (Å²) in [5.74, 6) is -0.344. The number of nitrogens with zero attached hydrogens (tertiary/aromatic N) is 2. The van der Waals surface area contributed by atoms with Crippen molar-refractivity contribution in [2.24, 2.45) is 0 Å². The summed E-state index contributed by atoms with van der Waals surface area (Å²) in [5.41, 5.74) is 2.00. The van der Waals surface area contributed by atoms with Gasteiger partial charge in [0.25, 0.3) is 11.8 Å². The maximum absolute atomic E-state index is 13.9. The second-order valence-corrected chi connectivity index (χ2v) is 8.08. The van der Waals surface area contributed by atoms with Crippen molar-refractivity contribution in [3.8, 4) is 0 Å². The van der Waals surface area contributed by atoms with E-state index in [1.807, 2.05) is 61.5 Å². The number of anilines is 2. The van der Waals surface area contributed by atoms with Crippen LogP contribution in [0.5, 0.6) is 0 Å². The first-order valence-corrected chi connectivity index (χ1v) is 10.8. The lowest BCUT2D eigenvalue weighted by Crippen LogP contribution is -2.60. The summed E-state index contributed by atoms with van der Waals surface area (Å²) in [7, 11) is 0. The van der Waals surface area contributed by atoms with Gasteiger partial charge in [-0.2, -0.15) is 0 Å². The Balaban J connectivity index is 1.80. The maximum Gasteiger partial charge on any atom is 0.260 e. The molecule has 0 atom stereocenters. The summed E-state index contributed by atoms with van der Waals surface area (Å²) in [4.78, 5) is 33.5. The Morgan fingerprint density at radius 3 is 2.29 bits per heavy atom. The number of carbonyl (C=O) groups is 2. The van der Waals surface area contributed by atoms with Crippen molar-refractivity contribution in [1.29, 1.82) is 0 Å². The molecule has 1 aromatic heterocycles. The number of nitrogens with one attached hydrogen (secondary N) is 1. The first kappa shape index (κ1) is 20.8. The highest BCUT2D eigenvalue weighted by molar-refractivity contribution is 6.13. The third-order valence-corrected chi connectivity index (χ3v) is 6.05. The van der Waals surface area contributed by atoms with Gasteiger partial charge in [-0.15, -0.1) is 0 Å². The van der Waals surface area contributed by atoms with E-state index in [1.54, 1.807) is 29.4 Å². The fraction of sp³-hybridized carbons (Fsp3) is 0.269. The van der Waals surface area contributed by atoms with Crippen LogP contribution in [0.15, 0.2) is 79.1 Å². The molecule has 1 N–H and O–H groups in total. The van der Waals surface area contributed by atoms with Crippen LogP contribution in [0.2, 0.25) is 0 Å². The topological polar surface area (TPSA) is 62.3 Å². The Hall–Kier alpha value is -3.47. The quantitative estimate of drug-likeness (QED) is 0.611.